The molecule has 0 saturated heterocycles. The number of hydrogen-bond acceptors (Lipinski definition) is 3. The van der Waals surface area contributed by atoms with Crippen molar-refractivity contribution < 1.29 is 4.79 Å². The molecule has 0 fully saturated rings. The maximum absolute atomic E-state index is 12.7. The summed E-state index contributed by atoms with van der Waals surface area (Å²) in [6, 6.07) is 7.51. The molecule has 4 nitrogen and oxygen atoms in total. The SMILES string of the molecule is CCCN(CCC)C(=O)c1cncc(Nc2ccc(Cl)cc2C)c1. The van der Waals surface area contributed by atoms with Gasteiger partial charge in [0.2, 0.25) is 0 Å². The van der Waals surface area contributed by atoms with E-state index in [9.17, 15) is 4.79 Å². The van der Waals surface area contributed by atoms with Crippen molar-refractivity contribution in [1.29, 1.82) is 0 Å². The van der Waals surface area contributed by atoms with Crippen LogP contribution >= 0.6 is 11.6 Å². The van der Waals surface area contributed by atoms with E-state index >= 15 is 0 Å². The van der Waals surface area contributed by atoms with Gasteiger partial charge in [-0.25, -0.2) is 0 Å². The van der Waals surface area contributed by atoms with Gasteiger partial charge in [-0.2, -0.15) is 0 Å². The Bertz CT molecular complexity index is 697. The molecule has 0 bridgehead atoms. The summed E-state index contributed by atoms with van der Waals surface area (Å²) in [5.41, 5.74) is 3.38. The van der Waals surface area contributed by atoms with Gasteiger partial charge >= 0.3 is 0 Å². The molecule has 5 heteroatoms. The van der Waals surface area contributed by atoms with E-state index in [1.165, 1.54) is 0 Å². The summed E-state index contributed by atoms with van der Waals surface area (Å²) in [4.78, 5) is 18.8. The maximum atomic E-state index is 12.7. The molecule has 1 N–H and O–H groups in total. The van der Waals surface area contributed by atoms with Crippen molar-refractivity contribution in [3.63, 3.8) is 0 Å². The highest BCUT2D eigenvalue weighted by Gasteiger charge is 2.15. The van der Waals surface area contributed by atoms with E-state index in [0.717, 1.165) is 42.9 Å². The van der Waals surface area contributed by atoms with Crippen LogP contribution in [0.15, 0.2) is 36.7 Å². The average molecular weight is 346 g/mol. The number of anilines is 2. The fourth-order valence-electron chi connectivity index (χ4n) is 2.59. The Labute approximate surface area is 148 Å². The molecule has 0 aliphatic rings. The van der Waals surface area contributed by atoms with Gasteiger partial charge in [0.15, 0.2) is 0 Å². The number of rotatable bonds is 7. The van der Waals surface area contributed by atoms with Crippen LogP contribution in [-0.2, 0) is 0 Å². The van der Waals surface area contributed by atoms with E-state index in [4.69, 9.17) is 11.6 Å². The fraction of sp³-hybridized carbons (Fsp3) is 0.368. The first-order valence-corrected chi connectivity index (χ1v) is 8.70. The van der Waals surface area contributed by atoms with Crippen LogP contribution in [-0.4, -0.2) is 28.9 Å². The van der Waals surface area contributed by atoms with Crippen molar-refractivity contribution in [2.24, 2.45) is 0 Å². The van der Waals surface area contributed by atoms with Crippen LogP contribution in [0.3, 0.4) is 0 Å². The molecule has 0 radical (unpaired) electrons. The number of benzene rings is 1. The lowest BCUT2D eigenvalue weighted by atomic mass is 10.2. The van der Waals surface area contributed by atoms with Gasteiger partial charge in [0.25, 0.3) is 5.91 Å². The van der Waals surface area contributed by atoms with Crippen molar-refractivity contribution in [2.45, 2.75) is 33.6 Å². The summed E-state index contributed by atoms with van der Waals surface area (Å²) in [5.74, 6) is 0.0303. The molecule has 0 aliphatic heterocycles. The molecule has 2 rings (SSSR count). The van der Waals surface area contributed by atoms with Gasteiger partial charge < -0.3 is 10.2 Å². The molecule has 1 aromatic carbocycles. The number of amides is 1. The molecule has 0 saturated carbocycles. The number of aryl methyl sites for hydroxylation is 1. The zero-order valence-electron chi connectivity index (χ0n) is 14.5. The van der Waals surface area contributed by atoms with Crippen molar-refractivity contribution in [1.82, 2.24) is 9.88 Å². The number of pyridine rings is 1. The highest BCUT2D eigenvalue weighted by molar-refractivity contribution is 6.30. The second-order valence-electron chi connectivity index (χ2n) is 5.84. The first-order chi connectivity index (χ1) is 11.5. The van der Waals surface area contributed by atoms with Gasteiger partial charge in [-0.15, -0.1) is 0 Å². The molecular weight excluding hydrogens is 322 g/mol. The topological polar surface area (TPSA) is 45.2 Å². The van der Waals surface area contributed by atoms with Crippen LogP contribution in [0.4, 0.5) is 11.4 Å². The Hall–Kier alpha value is -2.07. The molecule has 2 aromatic rings. The Kier molecular flexibility index (Phi) is 6.62. The first-order valence-electron chi connectivity index (χ1n) is 8.32. The van der Waals surface area contributed by atoms with E-state index in [1.807, 2.05) is 36.1 Å². The minimum atomic E-state index is 0.0303. The normalized spacial score (nSPS) is 10.5. The average Bonchev–Trinajstić information content (AvgIpc) is 2.57. The van der Waals surface area contributed by atoms with Crippen molar-refractivity contribution in [3.05, 3.63) is 52.8 Å². The van der Waals surface area contributed by atoms with Gasteiger partial charge in [-0.1, -0.05) is 25.4 Å². The zero-order chi connectivity index (χ0) is 17.5. The summed E-state index contributed by atoms with van der Waals surface area (Å²) >= 11 is 5.99. The molecule has 0 spiro atoms. The number of nitrogens with one attached hydrogen (secondary N) is 1. The largest absolute Gasteiger partial charge is 0.354 e. The number of carbonyl (C=O) groups is 1. The van der Waals surface area contributed by atoms with Crippen LogP contribution < -0.4 is 5.32 Å². The third-order valence-corrected chi connectivity index (χ3v) is 3.96. The van der Waals surface area contributed by atoms with Crippen LogP contribution in [0, 0.1) is 6.92 Å². The van der Waals surface area contributed by atoms with Crippen molar-refractivity contribution in [3.8, 4) is 0 Å². The molecular formula is C19H24ClN3O. The lowest BCUT2D eigenvalue weighted by Gasteiger charge is -2.21. The van der Waals surface area contributed by atoms with E-state index in [-0.39, 0.29) is 5.91 Å². The summed E-state index contributed by atoms with van der Waals surface area (Å²) in [7, 11) is 0. The maximum Gasteiger partial charge on any atom is 0.255 e. The van der Waals surface area contributed by atoms with Crippen LogP contribution in [0.1, 0.15) is 42.6 Å². The molecule has 1 amide bonds. The minimum Gasteiger partial charge on any atom is -0.354 e. The molecule has 1 aromatic heterocycles. The second kappa shape index (κ2) is 8.69. The number of aromatic nitrogens is 1. The smallest absolute Gasteiger partial charge is 0.255 e. The lowest BCUT2D eigenvalue weighted by Crippen LogP contribution is -2.32. The number of nitrogens with zero attached hydrogens (tertiary/aromatic N) is 2. The van der Waals surface area contributed by atoms with Crippen LogP contribution in [0.25, 0.3) is 0 Å². The Morgan fingerprint density at radius 3 is 2.50 bits per heavy atom. The van der Waals surface area contributed by atoms with Crippen LogP contribution in [0.2, 0.25) is 5.02 Å². The zero-order valence-corrected chi connectivity index (χ0v) is 15.2. The fourth-order valence-corrected chi connectivity index (χ4v) is 2.81. The monoisotopic (exact) mass is 345 g/mol. The van der Waals surface area contributed by atoms with E-state index in [0.29, 0.717) is 10.6 Å². The predicted octanol–water partition coefficient (Wildman–Crippen LogP) is 5.05. The van der Waals surface area contributed by atoms with Gasteiger partial charge in [0, 0.05) is 30.0 Å². The van der Waals surface area contributed by atoms with Gasteiger partial charge in [-0.3, -0.25) is 9.78 Å². The van der Waals surface area contributed by atoms with E-state index in [2.05, 4.69) is 24.1 Å². The van der Waals surface area contributed by atoms with Crippen molar-refractivity contribution >= 4 is 28.9 Å². The lowest BCUT2D eigenvalue weighted by molar-refractivity contribution is 0.0755. The third-order valence-electron chi connectivity index (χ3n) is 3.73. The third kappa shape index (κ3) is 4.71. The molecule has 1 heterocycles. The van der Waals surface area contributed by atoms with E-state index in [1.54, 1.807) is 12.4 Å². The molecule has 0 aliphatic carbocycles. The summed E-state index contributed by atoms with van der Waals surface area (Å²) < 4.78 is 0. The summed E-state index contributed by atoms with van der Waals surface area (Å²) in [6.07, 6.45) is 5.23. The summed E-state index contributed by atoms with van der Waals surface area (Å²) in [6.45, 7) is 7.67. The highest BCUT2D eigenvalue weighted by atomic mass is 35.5. The standard InChI is InChI=1S/C19H24ClN3O/c1-4-8-23(9-5-2)19(24)15-11-17(13-21-12-15)22-18-7-6-16(20)10-14(18)3/h6-7,10-13,22H,4-5,8-9H2,1-3H3. The Balaban J connectivity index is 2.20. The van der Waals surface area contributed by atoms with Gasteiger partial charge in [0.1, 0.15) is 0 Å². The molecule has 24 heavy (non-hydrogen) atoms. The van der Waals surface area contributed by atoms with Crippen molar-refractivity contribution in [2.75, 3.05) is 18.4 Å². The highest BCUT2D eigenvalue weighted by Crippen LogP contribution is 2.23. The minimum absolute atomic E-state index is 0.0303. The summed E-state index contributed by atoms with van der Waals surface area (Å²) in [5, 5.41) is 4.01. The Morgan fingerprint density at radius 1 is 1.17 bits per heavy atom. The first kappa shape index (κ1) is 18.3. The predicted molar refractivity (Wildman–Crippen MR) is 100 cm³/mol. The molecule has 0 unspecified atom stereocenters. The van der Waals surface area contributed by atoms with Gasteiger partial charge in [0.05, 0.1) is 17.4 Å². The Morgan fingerprint density at radius 2 is 1.88 bits per heavy atom. The quantitative estimate of drug-likeness (QED) is 0.763. The molecule has 128 valence electrons. The van der Waals surface area contributed by atoms with E-state index < -0.39 is 0 Å². The molecule has 0 atom stereocenters. The van der Waals surface area contributed by atoms with Gasteiger partial charge in [-0.05, 0) is 49.6 Å². The number of halogens is 1. The number of carbonyl (C=O) groups excluding carboxylic acids is 1. The van der Waals surface area contributed by atoms with Crippen LogP contribution in [0.5, 0.6) is 0 Å². The second-order valence-corrected chi connectivity index (χ2v) is 6.28. The number of hydrogen-bond donors (Lipinski definition) is 1.